The Balaban J connectivity index is 0.000000236. The molecule has 0 unspecified atom stereocenters. The normalized spacial score (nSPS) is 11.2. The summed E-state index contributed by atoms with van der Waals surface area (Å²) in [4.78, 5) is 64.9. The van der Waals surface area contributed by atoms with E-state index in [-0.39, 0.29) is 74.4 Å². The number of hydrogen-bond acceptors (Lipinski definition) is 13. The topological polar surface area (TPSA) is 236 Å². The number of carboxylic acids is 1. The molecule has 0 aliphatic heterocycles. The molecular weight excluding hydrogens is 1270 g/mol. The largest absolute Gasteiger partial charge is 0.496 e. The molecule has 21 nitrogen and oxygen atoms in total. The monoisotopic (exact) mass is 1370 g/mol. The van der Waals surface area contributed by atoms with Gasteiger partial charge in [0.2, 0.25) is 17.7 Å². The molecule has 4 aromatic heterocycles. The zero-order chi connectivity index (χ0) is 73.0. The molecule has 0 fully saturated rings. The molecule has 0 saturated carbocycles. The van der Waals surface area contributed by atoms with E-state index in [1.54, 1.807) is 70.0 Å². The smallest absolute Gasteiger partial charge is 0.305 e. The average molecular weight is 1370 g/mol. The van der Waals surface area contributed by atoms with Gasteiger partial charge in [-0.2, -0.15) is 0 Å². The molecule has 8 aromatic rings. The number of nitrogens with zero attached hydrogens (tertiary/aromatic N) is 8. The molecule has 0 atom stereocenters. The molecule has 0 spiro atoms. The van der Waals surface area contributed by atoms with E-state index in [1.165, 1.54) is 49.3 Å². The van der Waals surface area contributed by atoms with Crippen LogP contribution in [0.5, 0.6) is 23.0 Å². The van der Waals surface area contributed by atoms with Crippen molar-refractivity contribution >= 4 is 73.3 Å². The summed E-state index contributed by atoms with van der Waals surface area (Å²) in [5.74, 6) is -0.847. The summed E-state index contributed by atoms with van der Waals surface area (Å²) >= 11 is 0. The van der Waals surface area contributed by atoms with Crippen LogP contribution in [0.1, 0.15) is 97.9 Å². The number of rotatable bonds is 30. The fourth-order valence-electron chi connectivity index (χ4n) is 12.1. The van der Waals surface area contributed by atoms with Gasteiger partial charge in [0.25, 0.3) is 0 Å². The van der Waals surface area contributed by atoms with Crippen molar-refractivity contribution in [1.82, 2.24) is 37.9 Å². The van der Waals surface area contributed by atoms with Gasteiger partial charge in [0.05, 0.1) is 70.5 Å². The first-order valence-electron chi connectivity index (χ1n) is 33.0. The van der Waals surface area contributed by atoms with Crippen LogP contribution >= 0.6 is 0 Å². The van der Waals surface area contributed by atoms with Gasteiger partial charge in [-0.25, -0.2) is 17.6 Å². The number of aryl methyl sites for hydroxylation is 8. The molecule has 0 bridgehead atoms. The summed E-state index contributed by atoms with van der Waals surface area (Å²) in [6, 6.07) is 5.80. The summed E-state index contributed by atoms with van der Waals surface area (Å²) in [7, 11) is 22.4. The van der Waals surface area contributed by atoms with Gasteiger partial charge in [0.15, 0.2) is 0 Å². The van der Waals surface area contributed by atoms with Crippen LogP contribution in [0.25, 0.3) is 43.6 Å². The Hall–Kier alpha value is -8.81. The molecule has 0 aliphatic carbocycles. The summed E-state index contributed by atoms with van der Waals surface area (Å²) < 4.78 is 93.5. The van der Waals surface area contributed by atoms with E-state index in [0.29, 0.717) is 111 Å². The number of amides is 3. The van der Waals surface area contributed by atoms with E-state index in [4.69, 9.17) is 40.3 Å². The fourth-order valence-corrected chi connectivity index (χ4v) is 12.1. The standard InChI is InChI=1S/C19H27FN2O3.C18H24FN3O3.C18H28FN3O.C18H23FN2O4/c1-6-22-12-14(9-10-21(2)3)17-18(22)15(20)11-13(19(17)25-5)7-8-16(23)24-4;1-5-22-10-12(9-15(24)21(2)3)16-17(22)13(19)8-11(18(16)25-4)6-7-14(20)23;1-5-22-12-14(8-10-21(2)3)16-17(22)15(19)11-13(7-6-9-20)18(16)23-4;1-5-21-10-12(9-14(22)20(2)3)16-17(21)13(19)8-11(18(16)25-4)6-7-15(23)24/h11-12H,6-10H2,1-5H3;8,10H,5-7,9H2,1-4H3,(H2,20,23);11-12H,5-10,20H2,1-4H3;8,10H,5-7,9H2,1-4H3,(H,23,24). The lowest BCUT2D eigenvalue weighted by molar-refractivity contribution is -0.140. The predicted molar refractivity (Wildman–Crippen MR) is 377 cm³/mol. The number of benzene rings is 4. The van der Waals surface area contributed by atoms with E-state index in [9.17, 15) is 41.5 Å². The average Bonchev–Trinajstić information content (AvgIpc) is 1.60. The molecule has 8 rings (SSSR count). The maximum atomic E-state index is 14.8. The van der Waals surface area contributed by atoms with Crippen molar-refractivity contribution in [2.24, 2.45) is 11.5 Å². The van der Waals surface area contributed by atoms with E-state index >= 15 is 0 Å². The molecule has 0 saturated heterocycles. The van der Waals surface area contributed by atoms with Crippen molar-refractivity contribution in [3.8, 4) is 23.0 Å². The number of fused-ring (bicyclic) bond motifs is 4. The predicted octanol–water partition coefficient (Wildman–Crippen LogP) is 10.1. The second-order valence-electron chi connectivity index (χ2n) is 24.7. The number of likely N-dealkylation sites (N-methyl/N-ethyl adjacent to an activating group) is 4. The van der Waals surface area contributed by atoms with Crippen molar-refractivity contribution in [1.29, 1.82) is 0 Å². The highest BCUT2D eigenvalue weighted by molar-refractivity contribution is 5.97. The maximum absolute atomic E-state index is 14.8. The highest BCUT2D eigenvalue weighted by atomic mass is 19.1. The third-order valence-corrected chi connectivity index (χ3v) is 17.1. The first-order chi connectivity index (χ1) is 46.5. The number of nitrogens with two attached hydrogens (primary N) is 2. The number of esters is 1. The second-order valence-corrected chi connectivity index (χ2v) is 24.7. The van der Waals surface area contributed by atoms with E-state index in [0.717, 1.165) is 78.5 Å². The molecule has 0 radical (unpaired) electrons. The SMILES string of the molecule is CCn1cc(CC(=O)N(C)C)c2c(OC)c(CCC(=O)O)cc(F)c21.CCn1cc(CC(=O)N(C)C)c2c(OC)c(CCC(N)=O)cc(F)c21.CCn1cc(CCN(C)C)c2c(OC)c(CCC(=O)OC)cc(F)c21.CCn1cc(CCN(C)C)c2c(OC)c(CCCN)cc(F)c21. The number of aromatic nitrogens is 4. The Morgan fingerprint density at radius 2 is 0.735 bits per heavy atom. The van der Waals surface area contributed by atoms with Crippen molar-refractivity contribution in [2.45, 2.75) is 131 Å². The number of aliphatic carboxylic acids is 1. The maximum Gasteiger partial charge on any atom is 0.305 e. The molecule has 5 N–H and O–H groups in total. The number of carbonyl (C=O) groups is 5. The molecule has 4 aromatic carbocycles. The molecule has 3 amide bonds. The minimum atomic E-state index is -0.961. The van der Waals surface area contributed by atoms with Crippen LogP contribution in [0.3, 0.4) is 0 Å². The van der Waals surface area contributed by atoms with E-state index in [2.05, 4.69) is 16.0 Å². The molecule has 4 heterocycles. The zero-order valence-corrected chi connectivity index (χ0v) is 60.3. The lowest BCUT2D eigenvalue weighted by Crippen LogP contribution is -2.23. The summed E-state index contributed by atoms with van der Waals surface area (Å²) in [5, 5.41) is 11.8. The van der Waals surface area contributed by atoms with E-state index in [1.807, 2.05) is 71.2 Å². The Morgan fingerprint density at radius 1 is 0.439 bits per heavy atom. The van der Waals surface area contributed by atoms with Gasteiger partial charge in [-0.15, -0.1) is 0 Å². The lowest BCUT2D eigenvalue weighted by atomic mass is 10.0. The van der Waals surface area contributed by atoms with Crippen LogP contribution in [0.4, 0.5) is 17.6 Å². The third kappa shape index (κ3) is 19.5. The molecule has 538 valence electrons. The Morgan fingerprint density at radius 3 is 1.00 bits per heavy atom. The third-order valence-electron chi connectivity index (χ3n) is 17.1. The molecular formula is C73H102F4N10O11. The van der Waals surface area contributed by atoms with Gasteiger partial charge in [0, 0.05) is 133 Å². The quantitative estimate of drug-likeness (QED) is 0.0281. The van der Waals surface area contributed by atoms with Gasteiger partial charge >= 0.3 is 11.9 Å². The fraction of sp³-hybridized carbons (Fsp3) is 0.493. The van der Waals surface area contributed by atoms with Gasteiger partial charge in [-0.1, -0.05) is 0 Å². The first kappa shape index (κ1) is 79.9. The number of methoxy groups -OCH3 is 5. The van der Waals surface area contributed by atoms with Crippen LogP contribution in [-0.4, -0.2) is 184 Å². The van der Waals surface area contributed by atoms with Crippen LogP contribution in [-0.2, 0) is 106 Å². The van der Waals surface area contributed by atoms with Gasteiger partial charge in [0.1, 0.15) is 46.3 Å². The number of primary amides is 1. The molecule has 25 heteroatoms. The van der Waals surface area contributed by atoms with Crippen molar-refractivity contribution in [3.05, 3.63) is 117 Å². The van der Waals surface area contributed by atoms with Gasteiger partial charge < -0.3 is 78.1 Å². The van der Waals surface area contributed by atoms with Crippen molar-refractivity contribution in [2.75, 3.05) is 112 Å². The summed E-state index contributed by atoms with van der Waals surface area (Å²) in [5.41, 5.74) is 19.0. The van der Waals surface area contributed by atoms with Crippen LogP contribution in [0, 0.1) is 23.3 Å². The van der Waals surface area contributed by atoms with Crippen LogP contribution < -0.4 is 30.4 Å². The van der Waals surface area contributed by atoms with Crippen molar-refractivity contribution in [3.63, 3.8) is 0 Å². The Kier molecular flexibility index (Phi) is 30.3. The number of ether oxygens (including phenoxy) is 5. The minimum absolute atomic E-state index is 0.0832. The number of halogens is 4. The molecule has 98 heavy (non-hydrogen) atoms. The minimum Gasteiger partial charge on any atom is -0.496 e. The number of carboxylic acid groups (broad SMARTS) is 1. The van der Waals surface area contributed by atoms with Gasteiger partial charge in [-0.05, 0) is 176 Å². The first-order valence-corrected chi connectivity index (χ1v) is 33.0. The van der Waals surface area contributed by atoms with Crippen LogP contribution in [0.2, 0.25) is 0 Å². The Bertz CT molecular complexity index is 3940. The number of hydrogen-bond donors (Lipinski definition) is 3. The number of carbonyl (C=O) groups excluding carboxylic acids is 4. The summed E-state index contributed by atoms with van der Waals surface area (Å²) in [6.45, 7) is 12.7. The highest BCUT2D eigenvalue weighted by Gasteiger charge is 2.27. The molecule has 0 aliphatic rings. The summed E-state index contributed by atoms with van der Waals surface area (Å²) in [6.07, 6.45) is 12.1. The van der Waals surface area contributed by atoms with Crippen LogP contribution in [0.15, 0.2) is 49.1 Å². The highest BCUT2D eigenvalue weighted by Crippen LogP contribution is 2.41. The van der Waals surface area contributed by atoms with Gasteiger partial charge in [-0.3, -0.25) is 24.0 Å². The Labute approximate surface area is 573 Å². The van der Waals surface area contributed by atoms with Crippen molar-refractivity contribution < 1.29 is 70.3 Å². The van der Waals surface area contributed by atoms with E-state index < -0.39 is 23.5 Å². The zero-order valence-electron chi connectivity index (χ0n) is 60.3. The lowest BCUT2D eigenvalue weighted by Gasteiger charge is -2.13. The second kappa shape index (κ2) is 37.2.